The Hall–Kier alpha value is -1.73. The molecular weight excluding hydrogens is 308 g/mol. The molecule has 0 radical (unpaired) electrons. The fraction of sp³-hybridized carbons (Fsp3) is 0.167. The number of hydrogen-bond donors (Lipinski definition) is 2. The number of nitrogens with zero attached hydrogens (tertiary/aromatic N) is 1. The molecule has 8 heteroatoms. The summed E-state index contributed by atoms with van der Waals surface area (Å²) < 4.78 is 26.4. The number of nitrogens with one attached hydrogen (secondary N) is 1. The van der Waals surface area contributed by atoms with E-state index < -0.39 is 17.5 Å². The van der Waals surface area contributed by atoms with Crippen LogP contribution in [0, 0.1) is 18.6 Å². The van der Waals surface area contributed by atoms with Crippen molar-refractivity contribution in [1.29, 1.82) is 0 Å². The molecule has 1 aromatic carbocycles. The van der Waals surface area contributed by atoms with Gasteiger partial charge in [-0.15, -0.1) is 0 Å². The predicted molar refractivity (Wildman–Crippen MR) is 73.8 cm³/mol. The molecule has 0 spiro atoms. The van der Waals surface area contributed by atoms with Crippen molar-refractivity contribution in [3.8, 4) is 0 Å². The van der Waals surface area contributed by atoms with Crippen LogP contribution in [0.15, 0.2) is 12.1 Å². The number of aromatic nitrogens is 1. The Morgan fingerprint density at radius 2 is 2.20 bits per heavy atom. The van der Waals surface area contributed by atoms with Crippen molar-refractivity contribution in [1.82, 2.24) is 10.3 Å². The number of nitrogen functional groups attached to an aromatic ring is 1. The van der Waals surface area contributed by atoms with Crippen LogP contribution in [0.5, 0.6) is 0 Å². The highest BCUT2D eigenvalue weighted by Crippen LogP contribution is 2.24. The van der Waals surface area contributed by atoms with Crippen molar-refractivity contribution in [2.75, 3.05) is 5.73 Å². The van der Waals surface area contributed by atoms with E-state index in [1.165, 1.54) is 13.0 Å². The number of carbonyl (C=O) groups excluding carboxylic acids is 1. The van der Waals surface area contributed by atoms with E-state index in [9.17, 15) is 13.6 Å². The molecule has 0 atom stereocenters. The smallest absolute Gasteiger partial charge is 0.264 e. The normalized spacial score (nSPS) is 10.6. The minimum Gasteiger partial charge on any atom is -0.375 e. The Morgan fingerprint density at radius 1 is 1.50 bits per heavy atom. The third-order valence-corrected chi connectivity index (χ3v) is 3.97. The lowest BCUT2D eigenvalue weighted by molar-refractivity contribution is 0.0955. The molecule has 0 aliphatic heterocycles. The fourth-order valence-electron chi connectivity index (χ4n) is 1.60. The van der Waals surface area contributed by atoms with E-state index in [2.05, 4.69) is 10.3 Å². The summed E-state index contributed by atoms with van der Waals surface area (Å²) in [4.78, 5) is 15.8. The molecule has 1 amide bonds. The SMILES string of the molecule is Cc1c(CNC(=O)c2sc(N)nc2Cl)ccc(F)c1F. The maximum atomic E-state index is 13.4. The number of anilines is 1. The van der Waals surface area contributed by atoms with Crippen LogP contribution in [-0.4, -0.2) is 10.9 Å². The molecule has 0 aliphatic carbocycles. The molecule has 0 aliphatic rings. The minimum atomic E-state index is -0.921. The monoisotopic (exact) mass is 317 g/mol. The van der Waals surface area contributed by atoms with Crippen LogP contribution in [0.4, 0.5) is 13.9 Å². The number of halogens is 3. The van der Waals surface area contributed by atoms with E-state index in [0.717, 1.165) is 17.4 Å². The van der Waals surface area contributed by atoms with Gasteiger partial charge >= 0.3 is 0 Å². The van der Waals surface area contributed by atoms with Crippen LogP contribution >= 0.6 is 22.9 Å². The third-order valence-electron chi connectivity index (χ3n) is 2.70. The van der Waals surface area contributed by atoms with Gasteiger partial charge < -0.3 is 11.1 Å². The Bertz CT molecular complexity index is 675. The van der Waals surface area contributed by atoms with Gasteiger partial charge in [-0.25, -0.2) is 13.8 Å². The highest BCUT2D eigenvalue weighted by atomic mass is 35.5. The third kappa shape index (κ3) is 2.88. The van der Waals surface area contributed by atoms with Gasteiger partial charge in [0.1, 0.15) is 4.88 Å². The number of rotatable bonds is 3. The number of benzene rings is 1. The van der Waals surface area contributed by atoms with Crippen molar-refractivity contribution in [3.63, 3.8) is 0 Å². The largest absolute Gasteiger partial charge is 0.375 e. The summed E-state index contributed by atoms with van der Waals surface area (Å²) in [6, 6.07) is 2.43. The van der Waals surface area contributed by atoms with Gasteiger partial charge in [0.15, 0.2) is 21.9 Å². The summed E-state index contributed by atoms with van der Waals surface area (Å²) in [5.41, 5.74) is 6.07. The number of nitrogens with two attached hydrogens (primary N) is 1. The average Bonchev–Trinajstić information content (AvgIpc) is 2.74. The quantitative estimate of drug-likeness (QED) is 0.914. The van der Waals surface area contributed by atoms with Crippen molar-refractivity contribution in [3.05, 3.63) is 44.9 Å². The molecule has 106 valence electrons. The number of carbonyl (C=O) groups is 1. The Balaban J connectivity index is 2.11. The lowest BCUT2D eigenvalue weighted by Crippen LogP contribution is -2.22. The summed E-state index contributed by atoms with van der Waals surface area (Å²) >= 11 is 6.70. The maximum Gasteiger partial charge on any atom is 0.264 e. The van der Waals surface area contributed by atoms with E-state index in [4.69, 9.17) is 17.3 Å². The molecule has 0 unspecified atom stereocenters. The topological polar surface area (TPSA) is 68.0 Å². The molecule has 0 bridgehead atoms. The predicted octanol–water partition coefficient (Wildman–Crippen LogP) is 2.90. The molecule has 3 N–H and O–H groups in total. The molecule has 20 heavy (non-hydrogen) atoms. The van der Waals surface area contributed by atoms with Gasteiger partial charge in [-0.2, -0.15) is 0 Å². The summed E-state index contributed by atoms with van der Waals surface area (Å²) in [5, 5.41) is 2.76. The van der Waals surface area contributed by atoms with Crippen LogP contribution < -0.4 is 11.1 Å². The summed E-state index contributed by atoms with van der Waals surface area (Å²) in [7, 11) is 0. The lowest BCUT2D eigenvalue weighted by Gasteiger charge is -2.08. The number of amides is 1. The fourth-order valence-corrected chi connectivity index (χ4v) is 2.58. The molecule has 2 aromatic rings. The lowest BCUT2D eigenvalue weighted by atomic mass is 10.1. The van der Waals surface area contributed by atoms with Crippen molar-refractivity contribution >= 4 is 34.0 Å². The molecule has 4 nitrogen and oxygen atoms in total. The van der Waals surface area contributed by atoms with E-state index in [-0.39, 0.29) is 27.3 Å². The number of hydrogen-bond acceptors (Lipinski definition) is 4. The first-order chi connectivity index (χ1) is 9.40. The Morgan fingerprint density at radius 3 is 2.80 bits per heavy atom. The zero-order chi connectivity index (χ0) is 14.9. The molecule has 2 rings (SSSR count). The highest BCUT2D eigenvalue weighted by molar-refractivity contribution is 7.17. The van der Waals surface area contributed by atoms with Gasteiger partial charge in [0.25, 0.3) is 5.91 Å². The van der Waals surface area contributed by atoms with Crippen LogP contribution in [0.2, 0.25) is 5.15 Å². The second kappa shape index (κ2) is 5.72. The van der Waals surface area contributed by atoms with Gasteiger partial charge in [-0.1, -0.05) is 29.0 Å². The van der Waals surface area contributed by atoms with Crippen LogP contribution in [-0.2, 0) is 6.54 Å². The second-order valence-corrected chi connectivity index (χ2v) is 5.39. The zero-order valence-corrected chi connectivity index (χ0v) is 11.9. The van der Waals surface area contributed by atoms with Crippen molar-refractivity contribution in [2.24, 2.45) is 0 Å². The molecular formula is C12H10ClF2N3OS. The van der Waals surface area contributed by atoms with E-state index >= 15 is 0 Å². The van der Waals surface area contributed by atoms with E-state index in [1.54, 1.807) is 0 Å². The van der Waals surface area contributed by atoms with Gasteiger partial charge in [0.05, 0.1) is 0 Å². The molecule has 0 saturated heterocycles. The Kier molecular flexibility index (Phi) is 4.20. The van der Waals surface area contributed by atoms with E-state index in [0.29, 0.717) is 5.56 Å². The minimum absolute atomic E-state index is 0.0204. The first kappa shape index (κ1) is 14.7. The molecule has 1 heterocycles. The second-order valence-electron chi connectivity index (χ2n) is 4.00. The van der Waals surface area contributed by atoms with Crippen molar-refractivity contribution in [2.45, 2.75) is 13.5 Å². The highest BCUT2D eigenvalue weighted by Gasteiger charge is 2.16. The zero-order valence-electron chi connectivity index (χ0n) is 10.3. The van der Waals surface area contributed by atoms with Gasteiger partial charge in [0, 0.05) is 6.54 Å². The summed E-state index contributed by atoms with van der Waals surface area (Å²) in [6.07, 6.45) is 0. The van der Waals surface area contributed by atoms with Gasteiger partial charge in [0.2, 0.25) is 0 Å². The standard InChI is InChI=1S/C12H10ClF2N3OS/c1-5-6(2-3-7(14)8(5)15)4-17-11(19)9-10(13)18-12(16)20-9/h2-3H,4H2,1H3,(H2,16,18)(H,17,19). The van der Waals surface area contributed by atoms with Gasteiger partial charge in [-0.3, -0.25) is 4.79 Å². The van der Waals surface area contributed by atoms with Gasteiger partial charge in [-0.05, 0) is 24.1 Å². The number of thiazole rings is 1. The summed E-state index contributed by atoms with van der Waals surface area (Å²) in [6.45, 7) is 1.49. The first-order valence-corrected chi connectivity index (χ1v) is 6.73. The van der Waals surface area contributed by atoms with Crippen LogP contribution in [0.3, 0.4) is 0 Å². The van der Waals surface area contributed by atoms with Crippen LogP contribution in [0.1, 0.15) is 20.8 Å². The van der Waals surface area contributed by atoms with Crippen molar-refractivity contribution < 1.29 is 13.6 Å². The van der Waals surface area contributed by atoms with E-state index in [1.807, 2.05) is 0 Å². The maximum absolute atomic E-state index is 13.4. The molecule has 0 fully saturated rings. The Labute approximate surface area is 122 Å². The first-order valence-electron chi connectivity index (χ1n) is 5.53. The molecule has 0 saturated carbocycles. The summed E-state index contributed by atoms with van der Waals surface area (Å²) in [5.74, 6) is -2.30. The average molecular weight is 318 g/mol. The molecule has 1 aromatic heterocycles. The van der Waals surface area contributed by atoms with Crippen LogP contribution in [0.25, 0.3) is 0 Å².